The Kier molecular flexibility index (Phi) is 4.63. The molecular formula is C16H17F2NO2S. The topological polar surface area (TPSA) is 46.2 Å². The number of hydrogen-bond acceptors (Lipinski definition) is 2. The summed E-state index contributed by atoms with van der Waals surface area (Å²) in [4.78, 5) is 0.144. The minimum atomic E-state index is -3.74. The van der Waals surface area contributed by atoms with Crippen LogP contribution < -0.4 is 4.72 Å². The smallest absolute Gasteiger partial charge is 0.207 e. The molecule has 2 aromatic carbocycles. The lowest BCUT2D eigenvalue weighted by atomic mass is 10.1. The van der Waals surface area contributed by atoms with Crippen molar-refractivity contribution in [2.45, 2.75) is 31.7 Å². The van der Waals surface area contributed by atoms with Crippen molar-refractivity contribution in [3.8, 4) is 0 Å². The molecule has 0 aliphatic carbocycles. The van der Waals surface area contributed by atoms with Gasteiger partial charge in [-0.25, -0.2) is 21.9 Å². The first-order valence-electron chi connectivity index (χ1n) is 6.75. The Bertz CT molecular complexity index is 804. The van der Waals surface area contributed by atoms with Crippen LogP contribution in [0, 0.1) is 25.5 Å². The highest BCUT2D eigenvalue weighted by atomic mass is 32.2. The van der Waals surface area contributed by atoms with Crippen LogP contribution in [0.1, 0.15) is 29.7 Å². The van der Waals surface area contributed by atoms with Crippen molar-refractivity contribution in [1.82, 2.24) is 4.72 Å². The lowest BCUT2D eigenvalue weighted by Crippen LogP contribution is -2.27. The van der Waals surface area contributed by atoms with Crippen molar-refractivity contribution in [3.05, 3.63) is 64.7 Å². The minimum Gasteiger partial charge on any atom is -0.207 e. The highest BCUT2D eigenvalue weighted by Gasteiger charge is 2.19. The third-order valence-corrected chi connectivity index (χ3v) is 5.10. The fourth-order valence-electron chi connectivity index (χ4n) is 2.03. The SMILES string of the molecule is Cc1ccc(S(=O)(=O)N[C@H](C)c2ccc(F)c(F)c2)cc1C. The summed E-state index contributed by atoms with van der Waals surface area (Å²) >= 11 is 0. The molecular weight excluding hydrogens is 308 g/mol. The Hall–Kier alpha value is -1.79. The highest BCUT2D eigenvalue weighted by molar-refractivity contribution is 7.89. The molecule has 0 amide bonds. The number of benzene rings is 2. The van der Waals surface area contributed by atoms with Crippen LogP contribution in [0.3, 0.4) is 0 Å². The van der Waals surface area contributed by atoms with Gasteiger partial charge in [0.15, 0.2) is 11.6 Å². The van der Waals surface area contributed by atoms with E-state index in [-0.39, 0.29) is 4.90 Å². The molecule has 0 fully saturated rings. The van der Waals surface area contributed by atoms with Crippen LogP contribution in [0.15, 0.2) is 41.3 Å². The standard InChI is InChI=1S/C16H17F2NO2S/c1-10-4-6-14(8-11(10)2)22(20,21)19-12(3)13-5-7-15(17)16(18)9-13/h4-9,12,19H,1-3H3/t12-/m1/s1. The lowest BCUT2D eigenvalue weighted by molar-refractivity contribution is 0.504. The van der Waals surface area contributed by atoms with Crippen LogP contribution in [0.2, 0.25) is 0 Å². The summed E-state index contributed by atoms with van der Waals surface area (Å²) in [6.07, 6.45) is 0. The molecule has 2 aromatic rings. The molecule has 0 spiro atoms. The second-order valence-corrected chi connectivity index (χ2v) is 6.98. The van der Waals surface area contributed by atoms with Gasteiger partial charge in [-0.1, -0.05) is 12.1 Å². The van der Waals surface area contributed by atoms with Crippen LogP contribution in [0.5, 0.6) is 0 Å². The van der Waals surface area contributed by atoms with Gasteiger partial charge in [0.25, 0.3) is 0 Å². The number of aryl methyl sites for hydroxylation is 2. The Balaban J connectivity index is 2.27. The van der Waals surface area contributed by atoms with Crippen LogP contribution in [0.25, 0.3) is 0 Å². The summed E-state index contributed by atoms with van der Waals surface area (Å²) in [5, 5.41) is 0. The van der Waals surface area contributed by atoms with Gasteiger partial charge in [0.1, 0.15) is 0 Å². The van der Waals surface area contributed by atoms with Crippen molar-refractivity contribution in [2.24, 2.45) is 0 Å². The number of nitrogens with one attached hydrogen (secondary N) is 1. The van der Waals surface area contributed by atoms with Gasteiger partial charge in [0.05, 0.1) is 4.90 Å². The molecule has 118 valence electrons. The summed E-state index contributed by atoms with van der Waals surface area (Å²) in [6.45, 7) is 5.29. The van der Waals surface area contributed by atoms with Gasteiger partial charge in [-0.2, -0.15) is 0 Å². The zero-order valence-electron chi connectivity index (χ0n) is 12.5. The first-order chi connectivity index (χ1) is 10.2. The van der Waals surface area contributed by atoms with Crippen LogP contribution >= 0.6 is 0 Å². The Morgan fingerprint density at radius 2 is 1.64 bits per heavy atom. The molecule has 0 aliphatic heterocycles. The van der Waals surface area contributed by atoms with E-state index in [0.29, 0.717) is 5.56 Å². The Labute approximate surface area is 129 Å². The summed E-state index contributed by atoms with van der Waals surface area (Å²) in [5.41, 5.74) is 2.21. The fourth-order valence-corrected chi connectivity index (χ4v) is 3.35. The van der Waals surface area contributed by atoms with E-state index in [2.05, 4.69) is 4.72 Å². The molecule has 1 N–H and O–H groups in total. The van der Waals surface area contributed by atoms with E-state index in [9.17, 15) is 17.2 Å². The monoisotopic (exact) mass is 325 g/mol. The lowest BCUT2D eigenvalue weighted by Gasteiger charge is -2.15. The van der Waals surface area contributed by atoms with E-state index in [1.165, 1.54) is 12.1 Å². The summed E-state index contributed by atoms with van der Waals surface area (Å²) in [5.74, 6) is -1.97. The number of rotatable bonds is 4. The van der Waals surface area contributed by atoms with Crippen molar-refractivity contribution < 1.29 is 17.2 Å². The number of halogens is 2. The molecule has 0 bridgehead atoms. The summed E-state index contributed by atoms with van der Waals surface area (Å²) in [6, 6.07) is 7.46. The van der Waals surface area contributed by atoms with Gasteiger partial charge in [-0.3, -0.25) is 0 Å². The van der Waals surface area contributed by atoms with Crippen molar-refractivity contribution in [2.75, 3.05) is 0 Å². The molecule has 0 unspecified atom stereocenters. The molecule has 0 aromatic heterocycles. The molecule has 0 saturated carbocycles. The molecule has 0 heterocycles. The van der Waals surface area contributed by atoms with E-state index in [0.717, 1.165) is 23.3 Å². The van der Waals surface area contributed by atoms with Gasteiger partial charge in [0.2, 0.25) is 10.0 Å². The second-order valence-electron chi connectivity index (χ2n) is 5.26. The van der Waals surface area contributed by atoms with Crippen LogP contribution in [-0.2, 0) is 10.0 Å². The predicted octanol–water partition coefficient (Wildman–Crippen LogP) is 3.62. The largest absolute Gasteiger partial charge is 0.241 e. The van der Waals surface area contributed by atoms with E-state index in [1.54, 1.807) is 19.1 Å². The molecule has 3 nitrogen and oxygen atoms in total. The number of hydrogen-bond donors (Lipinski definition) is 1. The zero-order valence-corrected chi connectivity index (χ0v) is 13.3. The Morgan fingerprint density at radius 1 is 0.955 bits per heavy atom. The molecule has 0 aliphatic rings. The van der Waals surface area contributed by atoms with Gasteiger partial charge >= 0.3 is 0 Å². The van der Waals surface area contributed by atoms with Gasteiger partial charge in [0, 0.05) is 6.04 Å². The normalized spacial score (nSPS) is 13.1. The van der Waals surface area contributed by atoms with Gasteiger partial charge < -0.3 is 0 Å². The minimum absolute atomic E-state index is 0.144. The fraction of sp³-hybridized carbons (Fsp3) is 0.250. The molecule has 0 saturated heterocycles. The van der Waals surface area contributed by atoms with Crippen molar-refractivity contribution >= 4 is 10.0 Å². The van der Waals surface area contributed by atoms with E-state index < -0.39 is 27.7 Å². The molecule has 22 heavy (non-hydrogen) atoms. The zero-order chi connectivity index (χ0) is 16.5. The third-order valence-electron chi connectivity index (χ3n) is 3.56. The van der Waals surface area contributed by atoms with Crippen molar-refractivity contribution in [3.63, 3.8) is 0 Å². The predicted molar refractivity (Wildman–Crippen MR) is 81.0 cm³/mol. The first-order valence-corrected chi connectivity index (χ1v) is 8.23. The van der Waals surface area contributed by atoms with E-state index in [4.69, 9.17) is 0 Å². The molecule has 1 atom stereocenters. The number of sulfonamides is 1. The first kappa shape index (κ1) is 16.6. The van der Waals surface area contributed by atoms with E-state index >= 15 is 0 Å². The summed E-state index contributed by atoms with van der Waals surface area (Å²) in [7, 11) is -3.74. The maximum atomic E-state index is 13.2. The van der Waals surface area contributed by atoms with E-state index in [1.807, 2.05) is 13.8 Å². The summed E-state index contributed by atoms with van der Waals surface area (Å²) < 4.78 is 53.3. The molecule has 6 heteroatoms. The quantitative estimate of drug-likeness (QED) is 0.933. The molecule has 0 radical (unpaired) electrons. The average Bonchev–Trinajstić information content (AvgIpc) is 2.44. The second kappa shape index (κ2) is 6.14. The van der Waals surface area contributed by atoms with Crippen LogP contribution in [0.4, 0.5) is 8.78 Å². The average molecular weight is 325 g/mol. The van der Waals surface area contributed by atoms with Gasteiger partial charge in [-0.05, 0) is 61.7 Å². The Morgan fingerprint density at radius 3 is 2.23 bits per heavy atom. The maximum absolute atomic E-state index is 13.2. The molecule has 2 rings (SSSR count). The highest BCUT2D eigenvalue weighted by Crippen LogP contribution is 2.20. The third kappa shape index (κ3) is 3.51. The maximum Gasteiger partial charge on any atom is 0.241 e. The van der Waals surface area contributed by atoms with Crippen LogP contribution in [-0.4, -0.2) is 8.42 Å². The van der Waals surface area contributed by atoms with Crippen molar-refractivity contribution in [1.29, 1.82) is 0 Å². The van der Waals surface area contributed by atoms with Gasteiger partial charge in [-0.15, -0.1) is 0 Å².